The van der Waals surface area contributed by atoms with E-state index in [-0.39, 0.29) is 5.92 Å². The van der Waals surface area contributed by atoms with E-state index >= 15 is 0 Å². The summed E-state index contributed by atoms with van der Waals surface area (Å²) in [6, 6.07) is 9.63. The van der Waals surface area contributed by atoms with Crippen molar-refractivity contribution in [1.29, 1.82) is 0 Å². The number of hydrogen-bond acceptors (Lipinski definition) is 1. The predicted octanol–water partition coefficient (Wildman–Crippen LogP) is 3.67. The standard InChI is InChI=1S/C13H17F4N/c1-10(11-5-3-2-4-6-11)7-8-18-9-13(16,17)12(14)15/h2-6,10,12,18H,7-9H2,1H3. The molecule has 0 radical (unpaired) electrons. The number of nitrogens with one attached hydrogen (secondary N) is 1. The third-order valence-electron chi connectivity index (χ3n) is 2.80. The summed E-state index contributed by atoms with van der Waals surface area (Å²) in [6.45, 7) is 1.28. The molecule has 1 aromatic rings. The zero-order valence-electron chi connectivity index (χ0n) is 10.2. The SMILES string of the molecule is CC(CCNCC(F)(F)C(F)F)c1ccccc1. The molecular formula is C13H17F4N. The third-order valence-corrected chi connectivity index (χ3v) is 2.80. The number of alkyl halides is 4. The van der Waals surface area contributed by atoms with Crippen molar-refractivity contribution in [3.63, 3.8) is 0 Å². The lowest BCUT2D eigenvalue weighted by Crippen LogP contribution is -2.39. The van der Waals surface area contributed by atoms with Crippen molar-refractivity contribution >= 4 is 0 Å². The molecule has 0 saturated heterocycles. The van der Waals surface area contributed by atoms with Crippen LogP contribution in [0.5, 0.6) is 0 Å². The molecule has 0 saturated carbocycles. The summed E-state index contributed by atoms with van der Waals surface area (Å²) >= 11 is 0. The Morgan fingerprint density at radius 1 is 1.17 bits per heavy atom. The first-order valence-corrected chi connectivity index (χ1v) is 5.85. The Labute approximate surface area is 104 Å². The second kappa shape index (κ2) is 6.73. The fourth-order valence-electron chi connectivity index (χ4n) is 1.60. The number of halogens is 4. The monoisotopic (exact) mass is 263 g/mol. The zero-order valence-corrected chi connectivity index (χ0v) is 10.2. The van der Waals surface area contributed by atoms with Crippen LogP contribution in [0, 0.1) is 0 Å². The van der Waals surface area contributed by atoms with Gasteiger partial charge in [-0.2, -0.15) is 8.78 Å². The van der Waals surface area contributed by atoms with Gasteiger partial charge in [-0.25, -0.2) is 8.78 Å². The fourth-order valence-corrected chi connectivity index (χ4v) is 1.60. The van der Waals surface area contributed by atoms with Crippen LogP contribution in [0.1, 0.15) is 24.8 Å². The van der Waals surface area contributed by atoms with E-state index in [2.05, 4.69) is 5.32 Å². The molecule has 18 heavy (non-hydrogen) atoms. The van der Waals surface area contributed by atoms with Crippen LogP contribution in [0.4, 0.5) is 17.6 Å². The van der Waals surface area contributed by atoms with Gasteiger partial charge in [0.25, 0.3) is 0 Å². The van der Waals surface area contributed by atoms with E-state index in [0.29, 0.717) is 13.0 Å². The molecule has 1 unspecified atom stereocenters. The molecule has 0 aliphatic rings. The fraction of sp³-hybridized carbons (Fsp3) is 0.538. The van der Waals surface area contributed by atoms with Crippen LogP contribution < -0.4 is 5.32 Å². The summed E-state index contributed by atoms with van der Waals surface area (Å²) in [6.07, 6.45) is -2.99. The molecule has 1 N–H and O–H groups in total. The zero-order chi connectivity index (χ0) is 13.6. The van der Waals surface area contributed by atoms with Crippen molar-refractivity contribution in [2.24, 2.45) is 0 Å². The van der Waals surface area contributed by atoms with Gasteiger partial charge in [-0.15, -0.1) is 0 Å². The first-order valence-electron chi connectivity index (χ1n) is 5.85. The molecule has 0 aliphatic heterocycles. The van der Waals surface area contributed by atoms with Gasteiger partial charge in [0.15, 0.2) is 0 Å². The molecule has 1 rings (SSSR count). The lowest BCUT2D eigenvalue weighted by molar-refractivity contribution is -0.125. The van der Waals surface area contributed by atoms with Crippen molar-refractivity contribution in [2.45, 2.75) is 31.6 Å². The number of hydrogen-bond donors (Lipinski definition) is 1. The highest BCUT2D eigenvalue weighted by molar-refractivity contribution is 5.18. The van der Waals surface area contributed by atoms with E-state index in [9.17, 15) is 17.6 Å². The molecule has 1 atom stereocenters. The molecule has 0 aromatic heterocycles. The summed E-state index contributed by atoms with van der Waals surface area (Å²) < 4.78 is 48.9. The first kappa shape index (κ1) is 15.0. The molecule has 0 heterocycles. The van der Waals surface area contributed by atoms with E-state index in [1.54, 1.807) is 0 Å². The van der Waals surface area contributed by atoms with Crippen molar-refractivity contribution in [2.75, 3.05) is 13.1 Å². The van der Waals surface area contributed by atoms with Crippen LogP contribution in [0.25, 0.3) is 0 Å². The lowest BCUT2D eigenvalue weighted by atomic mass is 9.98. The second-order valence-electron chi connectivity index (χ2n) is 4.34. The maximum atomic E-state index is 12.6. The van der Waals surface area contributed by atoms with Gasteiger partial charge in [-0.05, 0) is 24.4 Å². The van der Waals surface area contributed by atoms with Crippen LogP contribution in [0.3, 0.4) is 0 Å². The predicted molar refractivity (Wildman–Crippen MR) is 63.3 cm³/mol. The Bertz CT molecular complexity index is 340. The van der Waals surface area contributed by atoms with Crippen LogP contribution >= 0.6 is 0 Å². The molecule has 1 aromatic carbocycles. The van der Waals surface area contributed by atoms with Gasteiger partial charge in [0.2, 0.25) is 0 Å². The second-order valence-corrected chi connectivity index (χ2v) is 4.34. The largest absolute Gasteiger partial charge is 0.319 e. The number of benzene rings is 1. The Kier molecular flexibility index (Phi) is 5.59. The molecule has 0 bridgehead atoms. The maximum Gasteiger partial charge on any atom is 0.319 e. The van der Waals surface area contributed by atoms with Crippen LogP contribution in [0.15, 0.2) is 30.3 Å². The third kappa shape index (κ3) is 4.64. The van der Waals surface area contributed by atoms with Gasteiger partial charge in [0.1, 0.15) is 0 Å². The smallest absolute Gasteiger partial charge is 0.311 e. The average Bonchev–Trinajstić information content (AvgIpc) is 2.35. The molecule has 102 valence electrons. The van der Waals surface area contributed by atoms with Gasteiger partial charge >= 0.3 is 12.3 Å². The molecule has 5 heteroatoms. The Morgan fingerprint density at radius 3 is 2.33 bits per heavy atom. The van der Waals surface area contributed by atoms with E-state index in [1.165, 1.54) is 0 Å². The Hall–Kier alpha value is -1.10. The van der Waals surface area contributed by atoms with Crippen LogP contribution in [-0.4, -0.2) is 25.4 Å². The average molecular weight is 263 g/mol. The molecular weight excluding hydrogens is 246 g/mol. The minimum absolute atomic E-state index is 0.207. The minimum atomic E-state index is -3.95. The summed E-state index contributed by atoms with van der Waals surface area (Å²) in [5.41, 5.74) is 1.11. The van der Waals surface area contributed by atoms with Gasteiger partial charge in [0.05, 0.1) is 6.54 Å². The Balaban J connectivity index is 2.27. The van der Waals surface area contributed by atoms with Gasteiger partial charge in [0, 0.05) is 0 Å². The molecule has 1 nitrogen and oxygen atoms in total. The summed E-state index contributed by atoms with van der Waals surface area (Å²) in [7, 11) is 0. The number of rotatable bonds is 7. The van der Waals surface area contributed by atoms with E-state index in [4.69, 9.17) is 0 Å². The molecule has 0 spiro atoms. The molecule has 0 amide bonds. The lowest BCUT2D eigenvalue weighted by Gasteiger charge is -2.17. The topological polar surface area (TPSA) is 12.0 Å². The van der Waals surface area contributed by atoms with Gasteiger partial charge in [-0.1, -0.05) is 37.3 Å². The van der Waals surface area contributed by atoms with Crippen molar-refractivity contribution < 1.29 is 17.6 Å². The maximum absolute atomic E-state index is 12.6. The van der Waals surface area contributed by atoms with Crippen molar-refractivity contribution in [3.05, 3.63) is 35.9 Å². The van der Waals surface area contributed by atoms with Crippen LogP contribution in [0.2, 0.25) is 0 Å². The van der Waals surface area contributed by atoms with Gasteiger partial charge < -0.3 is 5.32 Å². The minimum Gasteiger partial charge on any atom is -0.311 e. The van der Waals surface area contributed by atoms with E-state index in [0.717, 1.165) is 5.56 Å². The summed E-state index contributed by atoms with van der Waals surface area (Å²) in [5, 5.41) is 2.38. The molecule has 0 aliphatic carbocycles. The highest BCUT2D eigenvalue weighted by Gasteiger charge is 2.39. The van der Waals surface area contributed by atoms with E-state index < -0.39 is 18.9 Å². The quantitative estimate of drug-likeness (QED) is 0.584. The highest BCUT2D eigenvalue weighted by Crippen LogP contribution is 2.22. The van der Waals surface area contributed by atoms with Crippen molar-refractivity contribution in [1.82, 2.24) is 5.32 Å². The van der Waals surface area contributed by atoms with E-state index in [1.807, 2.05) is 37.3 Å². The van der Waals surface area contributed by atoms with Crippen molar-refractivity contribution in [3.8, 4) is 0 Å². The first-order chi connectivity index (χ1) is 8.43. The van der Waals surface area contributed by atoms with Crippen LogP contribution in [-0.2, 0) is 0 Å². The molecule has 0 fully saturated rings. The Morgan fingerprint density at radius 2 is 1.78 bits per heavy atom. The normalized spacial score (nSPS) is 13.9. The summed E-state index contributed by atoms with van der Waals surface area (Å²) in [5.74, 6) is -3.74. The highest BCUT2D eigenvalue weighted by atomic mass is 19.3. The van der Waals surface area contributed by atoms with Gasteiger partial charge in [-0.3, -0.25) is 0 Å². The summed E-state index contributed by atoms with van der Waals surface area (Å²) in [4.78, 5) is 0.